The van der Waals surface area contributed by atoms with Gasteiger partial charge in [-0.05, 0) is 71.4 Å². The van der Waals surface area contributed by atoms with Crippen molar-refractivity contribution in [3.8, 4) is 0 Å². The third-order valence-corrected chi connectivity index (χ3v) is 5.52. The number of aliphatic hydroxyl groups is 2. The highest BCUT2D eigenvalue weighted by molar-refractivity contribution is 6.50. The Kier molecular flexibility index (Phi) is 10.9. The van der Waals surface area contributed by atoms with Crippen molar-refractivity contribution in [1.82, 2.24) is 0 Å². The number of rotatable bonds is 7. The SMILES string of the molecule is F[B-](F)(F)F.OCC[N+](CCO)=C1C=CC(=CC=C2C=C(c3cccc(F)c3)C=C(c3cccc(F)c3)O2)C=C1. The van der Waals surface area contributed by atoms with E-state index in [1.165, 1.54) is 24.3 Å². The lowest BCUT2D eigenvalue weighted by atomic mass is 10.00. The second-order valence-electron chi connectivity index (χ2n) is 8.49. The number of aliphatic hydroxyl groups excluding tert-OH is 2. The average Bonchev–Trinajstić information content (AvgIpc) is 2.91. The minimum Gasteiger partial charge on any atom is -0.457 e. The highest BCUT2D eigenvalue weighted by Crippen LogP contribution is 2.32. The summed E-state index contributed by atoms with van der Waals surface area (Å²) >= 11 is 0. The van der Waals surface area contributed by atoms with E-state index >= 15 is 0 Å². The summed E-state index contributed by atoms with van der Waals surface area (Å²) in [6.07, 6.45) is 15.0. The molecule has 2 aromatic carbocycles. The first-order valence-electron chi connectivity index (χ1n) is 12.2. The molecule has 1 heterocycles. The fraction of sp³-hybridized carbons (Fsp3) is 0.138. The molecule has 4 rings (SSSR count). The molecule has 2 N–H and O–H groups in total. The molecule has 0 aromatic heterocycles. The van der Waals surface area contributed by atoms with Crippen molar-refractivity contribution in [3.63, 3.8) is 0 Å². The summed E-state index contributed by atoms with van der Waals surface area (Å²) in [6, 6.07) is 12.4. The molecule has 210 valence electrons. The van der Waals surface area contributed by atoms with Gasteiger partial charge in [0.25, 0.3) is 0 Å². The molecule has 2 aromatic rings. The molecule has 0 fully saturated rings. The van der Waals surface area contributed by atoms with E-state index in [1.54, 1.807) is 30.4 Å². The lowest BCUT2D eigenvalue weighted by Gasteiger charge is -2.18. The molecule has 0 amide bonds. The van der Waals surface area contributed by atoms with Gasteiger partial charge in [-0.25, -0.2) is 13.4 Å². The molecule has 0 bridgehead atoms. The zero-order valence-corrected chi connectivity index (χ0v) is 21.2. The molecule has 11 heteroatoms. The Morgan fingerprint density at radius 3 is 1.85 bits per heavy atom. The lowest BCUT2D eigenvalue weighted by Crippen LogP contribution is -2.26. The average molecular weight is 561 g/mol. The summed E-state index contributed by atoms with van der Waals surface area (Å²) in [5.74, 6) is 0.272. The molecule has 1 aliphatic carbocycles. The third-order valence-electron chi connectivity index (χ3n) is 5.52. The molecule has 4 nitrogen and oxygen atoms in total. The van der Waals surface area contributed by atoms with Crippen LogP contribution in [0.2, 0.25) is 0 Å². The molecule has 2 aliphatic rings. The first-order chi connectivity index (χ1) is 19.1. The van der Waals surface area contributed by atoms with E-state index in [-0.39, 0.29) is 24.8 Å². The van der Waals surface area contributed by atoms with Gasteiger partial charge in [0.05, 0.1) is 0 Å². The summed E-state index contributed by atoms with van der Waals surface area (Å²) < 4.78 is 74.7. The van der Waals surface area contributed by atoms with Gasteiger partial charge in [-0.3, -0.25) is 0 Å². The third kappa shape index (κ3) is 9.90. The van der Waals surface area contributed by atoms with Crippen molar-refractivity contribution in [2.45, 2.75) is 0 Å². The Bertz CT molecular complexity index is 1390. The van der Waals surface area contributed by atoms with Crippen LogP contribution in [0, 0.1) is 11.6 Å². The maximum Gasteiger partial charge on any atom is 0.673 e. The summed E-state index contributed by atoms with van der Waals surface area (Å²) in [5.41, 5.74) is 3.82. The van der Waals surface area contributed by atoms with Gasteiger partial charge in [0, 0.05) is 17.7 Å². The summed E-state index contributed by atoms with van der Waals surface area (Å²) in [4.78, 5) is 0. The van der Waals surface area contributed by atoms with Crippen LogP contribution in [0.5, 0.6) is 0 Å². The molecular formula is C29H26BF6NO3. The highest BCUT2D eigenvalue weighted by atomic mass is 19.5. The van der Waals surface area contributed by atoms with Gasteiger partial charge in [0.2, 0.25) is 0 Å². The van der Waals surface area contributed by atoms with E-state index in [0.717, 1.165) is 16.9 Å². The van der Waals surface area contributed by atoms with Crippen LogP contribution in [0.1, 0.15) is 11.1 Å². The Hall–Kier alpha value is -4.09. The first-order valence-corrected chi connectivity index (χ1v) is 12.2. The number of nitrogens with zero attached hydrogens (tertiary/aromatic N) is 1. The van der Waals surface area contributed by atoms with Gasteiger partial charge >= 0.3 is 7.25 Å². The van der Waals surface area contributed by atoms with Crippen LogP contribution in [0.25, 0.3) is 11.3 Å². The predicted octanol–water partition coefficient (Wildman–Crippen LogP) is 6.09. The Morgan fingerprint density at radius 1 is 0.750 bits per heavy atom. The van der Waals surface area contributed by atoms with Crippen molar-refractivity contribution in [1.29, 1.82) is 0 Å². The van der Waals surface area contributed by atoms with Crippen LogP contribution >= 0.6 is 0 Å². The van der Waals surface area contributed by atoms with Crippen molar-refractivity contribution < 1.29 is 45.6 Å². The number of benzene rings is 2. The fourth-order valence-corrected chi connectivity index (χ4v) is 3.81. The summed E-state index contributed by atoms with van der Waals surface area (Å²) in [5, 5.41) is 18.5. The predicted molar refractivity (Wildman–Crippen MR) is 144 cm³/mol. The van der Waals surface area contributed by atoms with Crippen LogP contribution < -0.4 is 0 Å². The molecule has 0 unspecified atom stereocenters. The van der Waals surface area contributed by atoms with Crippen molar-refractivity contribution in [2.75, 3.05) is 26.3 Å². The fourth-order valence-electron chi connectivity index (χ4n) is 3.81. The zero-order valence-electron chi connectivity index (χ0n) is 21.2. The standard InChI is InChI=1S/C29H26F2NO3.BF4/c30-25-5-1-3-22(17-25)24-19-28(35-29(20-24)23-4-2-6-26(31)18-23)12-9-21-7-10-27(11-8-21)32(13-15-33)14-16-34;2-1(3,4)5/h1-12,17-20,33-34H,13-16H2;/q+1;-1. The number of ether oxygens (including phenoxy) is 1. The van der Waals surface area contributed by atoms with Gasteiger partial charge in [0.1, 0.15) is 36.4 Å². The summed E-state index contributed by atoms with van der Waals surface area (Å²) in [6.45, 7) is 0.867. The van der Waals surface area contributed by atoms with E-state index in [9.17, 15) is 36.3 Å². The number of halogens is 6. The van der Waals surface area contributed by atoms with E-state index in [0.29, 0.717) is 35.7 Å². The van der Waals surface area contributed by atoms with E-state index < -0.39 is 7.25 Å². The summed E-state index contributed by atoms with van der Waals surface area (Å²) in [7, 11) is -6.00. The van der Waals surface area contributed by atoms with Gasteiger partial charge in [0.15, 0.2) is 18.8 Å². The van der Waals surface area contributed by atoms with Gasteiger partial charge in [-0.2, -0.15) is 0 Å². The largest absolute Gasteiger partial charge is 0.673 e. The Labute approximate surface area is 227 Å². The lowest BCUT2D eigenvalue weighted by molar-refractivity contribution is -0.530. The van der Waals surface area contributed by atoms with E-state index in [1.807, 2.05) is 47.1 Å². The highest BCUT2D eigenvalue weighted by Gasteiger charge is 2.20. The second kappa shape index (κ2) is 14.3. The minimum absolute atomic E-state index is 0.00153. The number of allylic oxidation sites excluding steroid dienone is 10. The van der Waals surface area contributed by atoms with Gasteiger partial charge in [-0.1, -0.05) is 30.3 Å². The second-order valence-corrected chi connectivity index (χ2v) is 8.49. The Morgan fingerprint density at radius 2 is 1.30 bits per heavy atom. The van der Waals surface area contributed by atoms with Gasteiger partial charge in [-0.15, -0.1) is 0 Å². The minimum atomic E-state index is -6.00. The van der Waals surface area contributed by atoms with Crippen LogP contribution in [0.15, 0.2) is 108 Å². The molecule has 0 atom stereocenters. The molecule has 0 saturated heterocycles. The molecule has 0 radical (unpaired) electrons. The zero-order chi connectivity index (χ0) is 29.1. The number of hydrogen-bond donors (Lipinski definition) is 2. The van der Waals surface area contributed by atoms with Gasteiger partial charge < -0.3 is 32.2 Å². The van der Waals surface area contributed by atoms with E-state index in [4.69, 9.17) is 4.74 Å². The normalized spacial score (nSPS) is 15.7. The van der Waals surface area contributed by atoms with Crippen LogP contribution in [0.3, 0.4) is 0 Å². The number of hydrogen-bond acceptors (Lipinski definition) is 3. The monoisotopic (exact) mass is 561 g/mol. The van der Waals surface area contributed by atoms with E-state index in [2.05, 4.69) is 0 Å². The van der Waals surface area contributed by atoms with Crippen LogP contribution in [-0.4, -0.2) is 54.1 Å². The van der Waals surface area contributed by atoms with Crippen molar-refractivity contribution in [2.24, 2.45) is 0 Å². The molecular weight excluding hydrogens is 535 g/mol. The smallest absolute Gasteiger partial charge is 0.457 e. The first kappa shape index (κ1) is 30.5. The quantitative estimate of drug-likeness (QED) is 0.244. The maximum absolute atomic E-state index is 13.9. The van der Waals surface area contributed by atoms with Crippen LogP contribution in [0.4, 0.5) is 26.0 Å². The molecule has 0 spiro atoms. The molecule has 40 heavy (non-hydrogen) atoms. The van der Waals surface area contributed by atoms with Crippen molar-refractivity contribution >= 4 is 24.3 Å². The topological polar surface area (TPSA) is 52.7 Å². The Balaban J connectivity index is 0.000000810. The maximum atomic E-state index is 13.9. The molecule has 0 saturated carbocycles. The molecule has 1 aliphatic heterocycles. The van der Waals surface area contributed by atoms with Crippen LogP contribution in [-0.2, 0) is 4.74 Å². The van der Waals surface area contributed by atoms with Crippen molar-refractivity contribution in [3.05, 3.63) is 131 Å².